The maximum absolute atomic E-state index is 13.4. The van der Waals surface area contributed by atoms with Gasteiger partial charge in [-0.05, 0) is 37.8 Å². The van der Waals surface area contributed by atoms with E-state index in [1.54, 1.807) is 23.1 Å². The van der Waals surface area contributed by atoms with Gasteiger partial charge in [0.25, 0.3) is 5.91 Å². The van der Waals surface area contributed by atoms with Gasteiger partial charge < -0.3 is 10.1 Å². The molecular weight excluding hydrogens is 340 g/mol. The fraction of sp³-hybridized carbons (Fsp3) is 0.389. The van der Waals surface area contributed by atoms with Gasteiger partial charge in [-0.25, -0.2) is 0 Å². The lowest BCUT2D eigenvalue weighted by atomic mass is 9.92. The molecule has 0 saturated carbocycles. The molecule has 1 N–H and O–H groups in total. The Labute approximate surface area is 150 Å². The number of thioether (sulfide) groups is 1. The lowest BCUT2D eigenvalue weighted by Gasteiger charge is -2.36. The summed E-state index contributed by atoms with van der Waals surface area (Å²) in [4.78, 5) is 16.4. The summed E-state index contributed by atoms with van der Waals surface area (Å²) in [5, 5.41) is 4.53. The molecule has 1 atom stereocenters. The molecule has 1 aromatic carbocycles. The molecule has 2 aliphatic heterocycles. The number of amides is 1. The number of nitrogens with one attached hydrogen (secondary N) is 1. The molecular formula is C18H20N2O2S2. The Balaban J connectivity index is 1.81. The lowest BCUT2D eigenvalue weighted by Crippen LogP contribution is -2.47. The van der Waals surface area contributed by atoms with Crippen LogP contribution in [0.1, 0.15) is 34.6 Å². The Morgan fingerprint density at radius 1 is 1.33 bits per heavy atom. The van der Waals surface area contributed by atoms with Crippen molar-refractivity contribution in [1.29, 1.82) is 0 Å². The van der Waals surface area contributed by atoms with E-state index in [1.807, 2.05) is 41.5 Å². The van der Waals surface area contributed by atoms with Gasteiger partial charge in [-0.2, -0.15) is 0 Å². The van der Waals surface area contributed by atoms with E-state index in [9.17, 15) is 4.79 Å². The Morgan fingerprint density at radius 3 is 2.79 bits per heavy atom. The summed E-state index contributed by atoms with van der Waals surface area (Å²) in [5.41, 5.74) is 2.59. The van der Waals surface area contributed by atoms with Crippen LogP contribution in [-0.2, 0) is 17.8 Å². The van der Waals surface area contributed by atoms with Crippen molar-refractivity contribution in [2.75, 3.05) is 16.5 Å². The minimum absolute atomic E-state index is 0.0875. The van der Waals surface area contributed by atoms with E-state index in [1.165, 1.54) is 4.88 Å². The average molecular weight is 361 g/mol. The summed E-state index contributed by atoms with van der Waals surface area (Å²) in [6.07, 6.45) is 2.79. The summed E-state index contributed by atoms with van der Waals surface area (Å²) in [7, 11) is 0. The topological polar surface area (TPSA) is 41.6 Å². The zero-order valence-electron chi connectivity index (χ0n) is 14.0. The normalized spacial score (nSPS) is 21.9. The molecule has 2 aliphatic rings. The van der Waals surface area contributed by atoms with Gasteiger partial charge >= 0.3 is 0 Å². The van der Waals surface area contributed by atoms with E-state index in [4.69, 9.17) is 4.74 Å². The smallest absolute Gasteiger partial charge is 0.263 e. The summed E-state index contributed by atoms with van der Waals surface area (Å²) in [5.74, 6) is 0.0875. The summed E-state index contributed by atoms with van der Waals surface area (Å²) in [6.45, 7) is 4.75. The van der Waals surface area contributed by atoms with Crippen molar-refractivity contribution in [3.05, 3.63) is 46.3 Å². The Morgan fingerprint density at radius 2 is 2.08 bits per heavy atom. The van der Waals surface area contributed by atoms with E-state index in [0.717, 1.165) is 28.2 Å². The van der Waals surface area contributed by atoms with E-state index >= 15 is 0 Å². The Bertz CT molecular complexity index is 786. The third kappa shape index (κ3) is 2.53. The highest BCUT2D eigenvalue weighted by molar-refractivity contribution is 7.99. The monoisotopic (exact) mass is 360 g/mol. The van der Waals surface area contributed by atoms with Crippen molar-refractivity contribution in [3.8, 4) is 0 Å². The minimum atomic E-state index is -0.226. The second kappa shape index (κ2) is 5.79. The van der Waals surface area contributed by atoms with Crippen molar-refractivity contribution < 1.29 is 9.53 Å². The number of benzene rings is 1. The maximum atomic E-state index is 13.4. The molecule has 24 heavy (non-hydrogen) atoms. The first-order valence-corrected chi connectivity index (χ1v) is 10.1. The van der Waals surface area contributed by atoms with Gasteiger partial charge in [0, 0.05) is 17.0 Å². The number of fused-ring (bicyclic) bond motifs is 3. The van der Waals surface area contributed by atoms with Crippen LogP contribution in [0, 0.1) is 0 Å². The first-order chi connectivity index (χ1) is 11.5. The highest BCUT2D eigenvalue weighted by Crippen LogP contribution is 2.45. The molecule has 4 nitrogen and oxygen atoms in total. The molecule has 3 heterocycles. The highest BCUT2D eigenvalue weighted by atomic mass is 32.2. The van der Waals surface area contributed by atoms with Crippen molar-refractivity contribution in [3.63, 3.8) is 0 Å². The van der Waals surface area contributed by atoms with Crippen molar-refractivity contribution >= 4 is 39.7 Å². The number of ether oxygens (including phenoxy) is 1. The van der Waals surface area contributed by atoms with Crippen LogP contribution in [0.15, 0.2) is 30.3 Å². The van der Waals surface area contributed by atoms with Gasteiger partial charge in [-0.1, -0.05) is 18.2 Å². The molecule has 2 aromatic rings. The van der Waals surface area contributed by atoms with Crippen LogP contribution in [0.25, 0.3) is 0 Å². The SMILES string of the molecule is CSC1Nc2sc3c(c2C(=O)N1c1ccccc1)CC(C)(C)OC3. The molecule has 1 unspecified atom stereocenters. The maximum Gasteiger partial charge on any atom is 0.263 e. The number of hydrogen-bond donors (Lipinski definition) is 1. The number of rotatable bonds is 2. The van der Waals surface area contributed by atoms with Crippen molar-refractivity contribution in [2.45, 2.75) is 38.0 Å². The average Bonchev–Trinajstić information content (AvgIpc) is 2.92. The van der Waals surface area contributed by atoms with Gasteiger partial charge in [0.15, 0.2) is 5.50 Å². The lowest BCUT2D eigenvalue weighted by molar-refractivity contribution is -0.0383. The van der Waals surface area contributed by atoms with E-state index in [-0.39, 0.29) is 17.0 Å². The Hall–Kier alpha value is -1.50. The number of hydrogen-bond acceptors (Lipinski definition) is 5. The molecule has 6 heteroatoms. The van der Waals surface area contributed by atoms with E-state index < -0.39 is 0 Å². The minimum Gasteiger partial charge on any atom is -0.370 e. The zero-order chi connectivity index (χ0) is 16.9. The molecule has 126 valence electrons. The van der Waals surface area contributed by atoms with E-state index in [2.05, 4.69) is 19.2 Å². The van der Waals surface area contributed by atoms with Gasteiger partial charge in [0.1, 0.15) is 5.00 Å². The van der Waals surface area contributed by atoms with Gasteiger partial charge in [-0.15, -0.1) is 23.1 Å². The second-order valence-corrected chi connectivity index (χ2v) is 8.70. The van der Waals surface area contributed by atoms with Crippen LogP contribution in [-0.4, -0.2) is 23.3 Å². The predicted octanol–water partition coefficient (Wildman–Crippen LogP) is 4.32. The quantitative estimate of drug-likeness (QED) is 0.866. The zero-order valence-corrected chi connectivity index (χ0v) is 15.6. The second-order valence-electron chi connectivity index (χ2n) is 6.68. The predicted molar refractivity (Wildman–Crippen MR) is 101 cm³/mol. The van der Waals surface area contributed by atoms with Gasteiger partial charge in [0.2, 0.25) is 0 Å². The molecule has 1 amide bonds. The standard InChI is InChI=1S/C18H20N2O2S2/c1-18(2)9-12-13(10-22-18)24-15-14(12)16(21)20(17(19-15)23-3)11-7-5-4-6-8-11/h4-8,17,19H,9-10H2,1-3H3. The number of thiophene rings is 1. The van der Waals surface area contributed by atoms with Crippen LogP contribution >= 0.6 is 23.1 Å². The summed E-state index contributed by atoms with van der Waals surface area (Å²) < 4.78 is 5.92. The fourth-order valence-electron chi connectivity index (χ4n) is 3.29. The number of carbonyl (C=O) groups excluding carboxylic acids is 1. The number of anilines is 2. The fourth-order valence-corrected chi connectivity index (χ4v) is 5.17. The largest absolute Gasteiger partial charge is 0.370 e. The number of carbonyl (C=O) groups is 1. The van der Waals surface area contributed by atoms with Crippen LogP contribution in [0.4, 0.5) is 10.7 Å². The molecule has 0 fully saturated rings. The van der Waals surface area contributed by atoms with Gasteiger partial charge in [-0.3, -0.25) is 9.69 Å². The van der Waals surface area contributed by atoms with Crippen LogP contribution in [0.2, 0.25) is 0 Å². The molecule has 0 bridgehead atoms. The van der Waals surface area contributed by atoms with E-state index in [0.29, 0.717) is 6.61 Å². The Kier molecular flexibility index (Phi) is 3.86. The van der Waals surface area contributed by atoms with Crippen molar-refractivity contribution in [1.82, 2.24) is 0 Å². The van der Waals surface area contributed by atoms with Crippen molar-refractivity contribution in [2.24, 2.45) is 0 Å². The molecule has 0 aliphatic carbocycles. The first kappa shape index (κ1) is 16.0. The third-order valence-electron chi connectivity index (χ3n) is 4.47. The van der Waals surface area contributed by atoms with Gasteiger partial charge in [0.05, 0.1) is 17.8 Å². The molecule has 4 rings (SSSR count). The summed E-state index contributed by atoms with van der Waals surface area (Å²) >= 11 is 3.29. The molecule has 1 aromatic heterocycles. The molecule has 0 radical (unpaired) electrons. The summed E-state index contributed by atoms with van der Waals surface area (Å²) in [6, 6.07) is 9.88. The third-order valence-corrected chi connectivity index (χ3v) is 6.38. The van der Waals surface area contributed by atoms with Crippen LogP contribution in [0.5, 0.6) is 0 Å². The molecule has 0 saturated heterocycles. The first-order valence-electron chi connectivity index (χ1n) is 7.96. The van der Waals surface area contributed by atoms with Crippen LogP contribution in [0.3, 0.4) is 0 Å². The number of nitrogens with zero attached hydrogens (tertiary/aromatic N) is 1. The number of para-hydroxylation sites is 1. The highest BCUT2D eigenvalue weighted by Gasteiger charge is 2.40. The molecule has 0 spiro atoms. The van der Waals surface area contributed by atoms with Crippen LogP contribution < -0.4 is 10.2 Å².